The predicted molar refractivity (Wildman–Crippen MR) is 121 cm³/mol. The van der Waals surface area contributed by atoms with Crippen molar-refractivity contribution in [1.82, 2.24) is 5.32 Å². The van der Waals surface area contributed by atoms with Gasteiger partial charge in [-0.2, -0.15) is 0 Å². The standard InChI is InChI=1S/C27H34FNO2/c1-18(27-13-20-9-21(14-27)11-22(10-20)15-27)29-16-19-7-8-25(26(12-19)30-2)31-17-23-5-3-4-6-24(23)28/h3-8,12,18,20-22,29H,9-11,13-17H2,1-2H3/t18-,20?,21?,22?,27?/m1/s1. The first kappa shape index (κ1) is 20.8. The summed E-state index contributed by atoms with van der Waals surface area (Å²) in [6.45, 7) is 3.41. The molecule has 4 aliphatic rings. The van der Waals surface area contributed by atoms with E-state index in [1.807, 2.05) is 18.2 Å². The fourth-order valence-electron chi connectivity index (χ4n) is 6.91. The first-order valence-electron chi connectivity index (χ1n) is 11.8. The number of halogens is 1. The lowest BCUT2D eigenvalue weighted by Gasteiger charge is -2.59. The van der Waals surface area contributed by atoms with Crippen molar-refractivity contribution in [3.8, 4) is 11.5 Å². The van der Waals surface area contributed by atoms with Gasteiger partial charge in [-0.3, -0.25) is 0 Å². The largest absolute Gasteiger partial charge is 0.493 e. The Bertz CT molecular complexity index is 892. The van der Waals surface area contributed by atoms with Crippen LogP contribution in [0, 0.1) is 29.0 Å². The van der Waals surface area contributed by atoms with E-state index in [1.165, 1.54) is 50.2 Å². The molecule has 1 atom stereocenters. The molecule has 0 saturated heterocycles. The molecule has 0 unspecified atom stereocenters. The summed E-state index contributed by atoms with van der Waals surface area (Å²) < 4.78 is 25.3. The highest BCUT2D eigenvalue weighted by molar-refractivity contribution is 5.43. The van der Waals surface area contributed by atoms with Crippen molar-refractivity contribution in [2.75, 3.05) is 7.11 Å². The van der Waals surface area contributed by atoms with E-state index < -0.39 is 0 Å². The molecule has 3 nitrogen and oxygen atoms in total. The Labute approximate surface area is 185 Å². The quantitative estimate of drug-likeness (QED) is 0.556. The molecule has 4 bridgehead atoms. The SMILES string of the molecule is COc1cc(CN[C@H](C)C23CC4CC(CC(C4)C2)C3)ccc1OCc1ccccc1F. The third-order valence-electron chi connectivity index (χ3n) is 8.19. The van der Waals surface area contributed by atoms with Crippen LogP contribution >= 0.6 is 0 Å². The summed E-state index contributed by atoms with van der Waals surface area (Å²) in [5.74, 6) is 4.01. The first-order valence-corrected chi connectivity index (χ1v) is 11.8. The van der Waals surface area contributed by atoms with E-state index in [4.69, 9.17) is 9.47 Å². The van der Waals surface area contributed by atoms with Gasteiger partial charge in [-0.25, -0.2) is 4.39 Å². The Hall–Kier alpha value is -2.07. The molecule has 4 aliphatic carbocycles. The minimum absolute atomic E-state index is 0.184. The van der Waals surface area contributed by atoms with Gasteiger partial charge in [0.25, 0.3) is 0 Å². The van der Waals surface area contributed by atoms with Crippen LogP contribution in [-0.2, 0) is 13.2 Å². The topological polar surface area (TPSA) is 30.5 Å². The van der Waals surface area contributed by atoms with Crippen molar-refractivity contribution in [3.63, 3.8) is 0 Å². The van der Waals surface area contributed by atoms with Gasteiger partial charge in [0.15, 0.2) is 11.5 Å². The van der Waals surface area contributed by atoms with Gasteiger partial charge in [-0.15, -0.1) is 0 Å². The van der Waals surface area contributed by atoms with Gasteiger partial charge in [0.1, 0.15) is 12.4 Å². The number of rotatable bonds is 8. The monoisotopic (exact) mass is 423 g/mol. The van der Waals surface area contributed by atoms with Crippen LogP contribution in [0.25, 0.3) is 0 Å². The highest BCUT2D eigenvalue weighted by atomic mass is 19.1. The van der Waals surface area contributed by atoms with Crippen LogP contribution in [0.5, 0.6) is 11.5 Å². The normalized spacial score (nSPS) is 29.7. The zero-order valence-corrected chi connectivity index (χ0v) is 18.7. The molecule has 6 rings (SSSR count). The number of hydrogen-bond donors (Lipinski definition) is 1. The number of nitrogens with one attached hydrogen (secondary N) is 1. The Morgan fingerprint density at radius 2 is 1.68 bits per heavy atom. The Morgan fingerprint density at radius 3 is 2.32 bits per heavy atom. The van der Waals surface area contributed by atoms with Gasteiger partial charge >= 0.3 is 0 Å². The maximum Gasteiger partial charge on any atom is 0.161 e. The summed E-state index contributed by atoms with van der Waals surface area (Å²) in [6.07, 6.45) is 8.70. The molecule has 4 heteroatoms. The molecule has 166 valence electrons. The molecule has 0 heterocycles. The van der Waals surface area contributed by atoms with Crippen LogP contribution < -0.4 is 14.8 Å². The van der Waals surface area contributed by atoms with E-state index in [-0.39, 0.29) is 12.4 Å². The van der Waals surface area contributed by atoms with Crippen molar-refractivity contribution < 1.29 is 13.9 Å². The van der Waals surface area contributed by atoms with Gasteiger partial charge in [0, 0.05) is 18.2 Å². The lowest BCUT2D eigenvalue weighted by molar-refractivity contribution is -0.0706. The van der Waals surface area contributed by atoms with Crippen molar-refractivity contribution in [3.05, 3.63) is 59.4 Å². The average Bonchev–Trinajstić information content (AvgIpc) is 2.76. The molecule has 0 radical (unpaired) electrons. The molecule has 4 saturated carbocycles. The molecular weight excluding hydrogens is 389 g/mol. The molecule has 0 amide bonds. The maximum absolute atomic E-state index is 13.9. The Morgan fingerprint density at radius 1 is 1.00 bits per heavy atom. The van der Waals surface area contributed by atoms with Gasteiger partial charge < -0.3 is 14.8 Å². The van der Waals surface area contributed by atoms with Crippen LogP contribution in [0.4, 0.5) is 4.39 Å². The second-order valence-corrected chi connectivity index (χ2v) is 10.2. The summed E-state index contributed by atoms with van der Waals surface area (Å²) in [7, 11) is 1.65. The van der Waals surface area contributed by atoms with Crippen LogP contribution in [-0.4, -0.2) is 13.2 Å². The average molecular weight is 424 g/mol. The summed E-state index contributed by atoms with van der Waals surface area (Å²) in [5.41, 5.74) is 2.23. The van der Waals surface area contributed by atoms with E-state index in [9.17, 15) is 4.39 Å². The molecule has 2 aromatic rings. The van der Waals surface area contributed by atoms with Crippen LogP contribution in [0.1, 0.15) is 56.6 Å². The molecule has 0 spiro atoms. The molecule has 0 aromatic heterocycles. The van der Waals surface area contributed by atoms with E-state index in [2.05, 4.69) is 18.3 Å². The Balaban J connectivity index is 1.21. The summed E-state index contributed by atoms with van der Waals surface area (Å²) in [5, 5.41) is 3.85. The van der Waals surface area contributed by atoms with Gasteiger partial charge in [0.2, 0.25) is 0 Å². The highest BCUT2D eigenvalue weighted by Crippen LogP contribution is 2.61. The zero-order chi connectivity index (χ0) is 21.4. The van der Waals surface area contributed by atoms with Crippen molar-refractivity contribution in [1.29, 1.82) is 0 Å². The van der Waals surface area contributed by atoms with E-state index in [0.29, 0.717) is 28.5 Å². The molecule has 31 heavy (non-hydrogen) atoms. The lowest BCUT2D eigenvalue weighted by Crippen LogP contribution is -2.54. The van der Waals surface area contributed by atoms with Crippen molar-refractivity contribution in [2.24, 2.45) is 23.2 Å². The molecule has 4 fully saturated rings. The smallest absolute Gasteiger partial charge is 0.161 e. The minimum atomic E-state index is -0.249. The van der Waals surface area contributed by atoms with E-state index in [0.717, 1.165) is 24.3 Å². The second-order valence-electron chi connectivity index (χ2n) is 10.2. The van der Waals surface area contributed by atoms with Crippen molar-refractivity contribution in [2.45, 2.75) is 64.6 Å². The molecule has 2 aromatic carbocycles. The lowest BCUT2D eigenvalue weighted by atomic mass is 9.48. The Kier molecular flexibility index (Phi) is 5.68. The third-order valence-corrected chi connectivity index (χ3v) is 8.19. The zero-order valence-electron chi connectivity index (χ0n) is 18.7. The molecule has 1 N–H and O–H groups in total. The van der Waals surface area contributed by atoms with Crippen LogP contribution in [0.2, 0.25) is 0 Å². The molecule has 0 aliphatic heterocycles. The minimum Gasteiger partial charge on any atom is -0.493 e. The fourth-order valence-corrected chi connectivity index (χ4v) is 6.91. The second kappa shape index (κ2) is 8.46. The maximum atomic E-state index is 13.9. The summed E-state index contributed by atoms with van der Waals surface area (Å²) >= 11 is 0. The van der Waals surface area contributed by atoms with E-state index >= 15 is 0 Å². The van der Waals surface area contributed by atoms with Crippen LogP contribution in [0.15, 0.2) is 42.5 Å². The highest BCUT2D eigenvalue weighted by Gasteiger charge is 2.52. The number of methoxy groups -OCH3 is 1. The van der Waals surface area contributed by atoms with Gasteiger partial charge in [0.05, 0.1) is 7.11 Å². The van der Waals surface area contributed by atoms with Gasteiger partial charge in [-0.05, 0) is 92.4 Å². The number of hydrogen-bond acceptors (Lipinski definition) is 3. The molecular formula is C27H34FNO2. The number of benzene rings is 2. The van der Waals surface area contributed by atoms with E-state index in [1.54, 1.807) is 19.2 Å². The third kappa shape index (κ3) is 4.19. The summed E-state index contributed by atoms with van der Waals surface area (Å²) in [6, 6.07) is 13.3. The van der Waals surface area contributed by atoms with Crippen molar-refractivity contribution >= 4 is 0 Å². The summed E-state index contributed by atoms with van der Waals surface area (Å²) in [4.78, 5) is 0. The van der Waals surface area contributed by atoms with Crippen LogP contribution in [0.3, 0.4) is 0 Å². The van der Waals surface area contributed by atoms with Gasteiger partial charge in [-0.1, -0.05) is 24.3 Å². The number of ether oxygens (including phenoxy) is 2. The first-order chi connectivity index (χ1) is 15.0. The fraction of sp³-hybridized carbons (Fsp3) is 0.556. The predicted octanol–water partition coefficient (Wildman–Crippen LogP) is 6.11.